The second-order valence-corrected chi connectivity index (χ2v) is 18.0. The van der Waals surface area contributed by atoms with Crippen molar-refractivity contribution in [2.45, 2.75) is 101 Å². The van der Waals surface area contributed by atoms with Crippen LogP contribution >= 0.6 is 0 Å². The lowest BCUT2D eigenvalue weighted by molar-refractivity contribution is -0.369. The molecule has 9 rings (SSSR count). The number of methoxy groups -OCH3 is 1. The van der Waals surface area contributed by atoms with E-state index < -0.39 is 61.4 Å². The molecule has 380 valence electrons. The van der Waals surface area contributed by atoms with Crippen molar-refractivity contribution in [2.24, 2.45) is 0 Å². The Hall–Kier alpha value is -6.26. The van der Waals surface area contributed by atoms with E-state index in [0.717, 1.165) is 33.4 Å². The Kier molecular flexibility index (Phi) is 19.2. The van der Waals surface area contributed by atoms with Gasteiger partial charge < -0.3 is 57.2 Å². The van der Waals surface area contributed by atoms with E-state index in [1.807, 2.05) is 206 Å². The van der Waals surface area contributed by atoms with Crippen molar-refractivity contribution in [3.63, 3.8) is 0 Å². The first-order chi connectivity index (χ1) is 36.1. The Morgan fingerprint density at radius 2 is 0.699 bits per heavy atom. The van der Waals surface area contributed by atoms with Gasteiger partial charge in [0.05, 0.1) is 60.0 Å². The summed E-state index contributed by atoms with van der Waals surface area (Å²) < 4.78 is 74.1. The maximum Gasteiger partial charge on any atom is 0.229 e. The maximum absolute atomic E-state index is 12.4. The zero-order chi connectivity index (χ0) is 49.9. The molecule has 7 aromatic carbocycles. The number of hydrogen-bond acceptors (Lipinski definition) is 12. The molecule has 10 unspecified atom stereocenters. The molecule has 0 saturated carbocycles. The predicted octanol–water partition coefficient (Wildman–Crippen LogP) is 10.0. The smallest absolute Gasteiger partial charge is 0.229 e. The van der Waals surface area contributed by atoms with Crippen LogP contribution in [0.15, 0.2) is 206 Å². The van der Waals surface area contributed by atoms with Crippen LogP contribution in [0.25, 0.3) is 0 Å². The van der Waals surface area contributed by atoms with E-state index in [-0.39, 0.29) is 39.6 Å². The van der Waals surface area contributed by atoms with Gasteiger partial charge in [-0.05, 0) is 57.6 Å². The van der Waals surface area contributed by atoms with Crippen molar-refractivity contribution in [1.82, 2.24) is 0 Å². The lowest BCUT2D eigenvalue weighted by atomic mass is 9.96. The quantitative estimate of drug-likeness (QED) is 0.0587. The largest absolute Gasteiger partial charge is 0.497 e. The van der Waals surface area contributed by atoms with Gasteiger partial charge in [0, 0.05) is 0 Å². The van der Waals surface area contributed by atoms with Gasteiger partial charge in [-0.25, -0.2) is 0 Å². The van der Waals surface area contributed by atoms with Gasteiger partial charge in [-0.15, -0.1) is 0 Å². The minimum absolute atomic E-state index is 0.0197. The Bertz CT molecular complexity index is 2600. The van der Waals surface area contributed by atoms with Gasteiger partial charge in [-0.1, -0.05) is 182 Å². The molecule has 7 aromatic rings. The topological polar surface area (TPSA) is 122 Å². The second kappa shape index (κ2) is 27.2. The van der Waals surface area contributed by atoms with Crippen LogP contribution in [0.3, 0.4) is 0 Å². The summed E-state index contributed by atoms with van der Waals surface area (Å²) in [5.41, 5.74) is 5.67. The molecule has 0 amide bonds. The summed E-state index contributed by atoms with van der Waals surface area (Å²) >= 11 is 0. The van der Waals surface area contributed by atoms with Gasteiger partial charge in [0.1, 0.15) is 60.3 Å². The maximum atomic E-state index is 12.4. The Labute approximate surface area is 428 Å². The average molecular weight is 989 g/mol. The van der Waals surface area contributed by atoms with Crippen molar-refractivity contribution < 1.29 is 57.2 Å². The number of aliphatic hydroxyl groups excluding tert-OH is 1. The lowest BCUT2D eigenvalue weighted by Gasteiger charge is -2.49. The fourth-order valence-electron chi connectivity index (χ4n) is 8.89. The molecule has 0 radical (unpaired) electrons. The molecule has 10 atom stereocenters. The van der Waals surface area contributed by atoms with Crippen LogP contribution in [0.4, 0.5) is 0 Å². The van der Waals surface area contributed by atoms with Gasteiger partial charge in [0.15, 0.2) is 6.29 Å². The first kappa shape index (κ1) is 51.6. The van der Waals surface area contributed by atoms with E-state index in [1.165, 1.54) is 0 Å². The van der Waals surface area contributed by atoms with Crippen molar-refractivity contribution in [1.29, 1.82) is 0 Å². The monoisotopic (exact) mass is 988 g/mol. The Morgan fingerprint density at radius 3 is 1.12 bits per heavy atom. The van der Waals surface area contributed by atoms with E-state index in [1.54, 1.807) is 7.11 Å². The number of benzene rings is 7. The third-order valence-electron chi connectivity index (χ3n) is 12.7. The van der Waals surface area contributed by atoms with E-state index in [0.29, 0.717) is 24.7 Å². The van der Waals surface area contributed by atoms with Crippen molar-refractivity contribution in [3.05, 3.63) is 240 Å². The van der Waals surface area contributed by atoms with Crippen LogP contribution in [0, 0.1) is 0 Å². The van der Waals surface area contributed by atoms with E-state index >= 15 is 0 Å². The zero-order valence-corrected chi connectivity index (χ0v) is 41.0. The summed E-state index contributed by atoms with van der Waals surface area (Å²) in [7, 11) is 1.62. The fourth-order valence-corrected chi connectivity index (χ4v) is 8.89. The minimum atomic E-state index is -1.19. The molecule has 0 aliphatic carbocycles. The van der Waals surface area contributed by atoms with Crippen LogP contribution in [0.1, 0.15) is 33.4 Å². The van der Waals surface area contributed by atoms with Gasteiger partial charge in [0.25, 0.3) is 0 Å². The van der Waals surface area contributed by atoms with Gasteiger partial charge in [-0.3, -0.25) is 0 Å². The SMILES string of the molecule is COc1ccc(OC2OC(COCc3ccccc3)C(OC3OC(COCc4ccccc4)C(O)C(OCc4ccccc4)C3OCc3ccccc3)C(OCc3ccccc3)C2OCc2ccccc2)cc1. The third-order valence-corrected chi connectivity index (χ3v) is 12.7. The molecule has 2 aliphatic heterocycles. The fraction of sp³-hybridized carbons (Fsp3) is 0.311. The number of aliphatic hydroxyl groups is 1. The highest BCUT2D eigenvalue weighted by atomic mass is 16.8. The summed E-state index contributed by atoms with van der Waals surface area (Å²) in [5.74, 6) is 1.20. The normalized spacial score (nSPS) is 23.9. The van der Waals surface area contributed by atoms with Crippen LogP contribution in [0.2, 0.25) is 0 Å². The molecular weight excluding hydrogens is 925 g/mol. The number of rotatable bonds is 25. The summed E-state index contributed by atoms with van der Waals surface area (Å²) in [4.78, 5) is 0. The van der Waals surface area contributed by atoms with Gasteiger partial charge in [0.2, 0.25) is 6.29 Å². The summed E-state index contributed by atoms with van der Waals surface area (Å²) in [6.07, 6.45) is -9.82. The summed E-state index contributed by atoms with van der Waals surface area (Å²) in [6.45, 7) is 1.42. The van der Waals surface area contributed by atoms with Crippen LogP contribution in [-0.2, 0) is 82.3 Å². The average Bonchev–Trinajstić information content (AvgIpc) is 3.44. The van der Waals surface area contributed by atoms with Crippen LogP contribution < -0.4 is 9.47 Å². The van der Waals surface area contributed by atoms with Gasteiger partial charge in [-0.2, -0.15) is 0 Å². The third kappa shape index (κ3) is 14.9. The van der Waals surface area contributed by atoms with Crippen molar-refractivity contribution >= 4 is 0 Å². The Morgan fingerprint density at radius 1 is 0.356 bits per heavy atom. The molecule has 2 aliphatic rings. The highest BCUT2D eigenvalue weighted by molar-refractivity contribution is 5.31. The van der Waals surface area contributed by atoms with Crippen LogP contribution in [-0.4, -0.2) is 86.8 Å². The molecule has 0 spiro atoms. The first-order valence-corrected chi connectivity index (χ1v) is 24.9. The molecule has 12 nitrogen and oxygen atoms in total. The van der Waals surface area contributed by atoms with E-state index in [2.05, 4.69) is 0 Å². The molecule has 12 heteroatoms. The van der Waals surface area contributed by atoms with Crippen molar-refractivity contribution in [3.8, 4) is 11.5 Å². The van der Waals surface area contributed by atoms with E-state index in [4.69, 9.17) is 52.1 Å². The molecule has 73 heavy (non-hydrogen) atoms. The van der Waals surface area contributed by atoms with Crippen LogP contribution in [0.5, 0.6) is 11.5 Å². The second-order valence-electron chi connectivity index (χ2n) is 18.0. The molecule has 0 bridgehead atoms. The minimum Gasteiger partial charge on any atom is -0.497 e. The molecule has 2 heterocycles. The van der Waals surface area contributed by atoms with Crippen molar-refractivity contribution in [2.75, 3.05) is 20.3 Å². The lowest BCUT2D eigenvalue weighted by Crippen LogP contribution is -2.66. The predicted molar refractivity (Wildman–Crippen MR) is 274 cm³/mol. The van der Waals surface area contributed by atoms with E-state index in [9.17, 15) is 5.11 Å². The highest BCUT2D eigenvalue weighted by Crippen LogP contribution is 2.37. The first-order valence-electron chi connectivity index (χ1n) is 24.9. The zero-order valence-electron chi connectivity index (χ0n) is 41.0. The molecule has 0 aromatic heterocycles. The number of ether oxygens (including phenoxy) is 11. The molecular formula is C61H64O12. The standard InChI is InChI=1S/C61H64O12/c1-63-50-32-34-51(35-33-50)70-60-59(69-41-49-30-18-7-19-31-49)57(67-39-47-26-14-5-15-27-47)55(53(72-60)43-65-37-45-22-10-3-11-23-45)73-61-58(68-40-48-28-16-6-17-29-48)56(66-38-46-24-12-4-13-25-46)54(62)52(71-61)42-64-36-44-20-8-2-9-21-44/h2-35,52-62H,36-43H2,1H3. The molecule has 1 N–H and O–H groups in total. The molecule has 2 fully saturated rings. The van der Waals surface area contributed by atoms with Gasteiger partial charge >= 0.3 is 0 Å². The highest BCUT2D eigenvalue weighted by Gasteiger charge is 2.54. The summed E-state index contributed by atoms with van der Waals surface area (Å²) in [5, 5.41) is 12.4. The Balaban J connectivity index is 1.10. The number of hydrogen-bond donors (Lipinski definition) is 1. The molecule has 2 saturated heterocycles. The summed E-state index contributed by atoms with van der Waals surface area (Å²) in [6, 6.07) is 66.6.